The molecule has 2 amide bonds. The fourth-order valence-corrected chi connectivity index (χ4v) is 4.27. The first kappa shape index (κ1) is 23.8. The fourth-order valence-electron chi connectivity index (χ4n) is 4.01. The predicted octanol–water partition coefficient (Wildman–Crippen LogP) is 3.79. The molecule has 5 heterocycles. The third-order valence-corrected chi connectivity index (χ3v) is 6.20. The zero-order valence-electron chi connectivity index (χ0n) is 18.5. The van der Waals surface area contributed by atoms with Gasteiger partial charge in [-0.15, -0.1) is 0 Å². The number of nitrogens with zero attached hydrogens (tertiary/aromatic N) is 4. The molecule has 186 valence electrons. The summed E-state index contributed by atoms with van der Waals surface area (Å²) in [5.41, 5.74) is 2.45. The summed E-state index contributed by atoms with van der Waals surface area (Å²) in [6, 6.07) is 4.16. The lowest BCUT2D eigenvalue weighted by Gasteiger charge is -2.26. The van der Waals surface area contributed by atoms with E-state index in [1.807, 2.05) is 0 Å². The van der Waals surface area contributed by atoms with Gasteiger partial charge in [-0.2, -0.15) is 18.3 Å². The van der Waals surface area contributed by atoms with Crippen molar-refractivity contribution in [2.45, 2.75) is 25.6 Å². The van der Waals surface area contributed by atoms with E-state index in [4.69, 9.17) is 16.0 Å². The van der Waals surface area contributed by atoms with Crippen LogP contribution in [0.15, 0.2) is 41.3 Å². The topological polar surface area (TPSA) is 117 Å². The van der Waals surface area contributed by atoms with Crippen molar-refractivity contribution in [3.05, 3.63) is 75.7 Å². The molecule has 9 nitrogen and oxygen atoms in total. The minimum absolute atomic E-state index is 0.103. The molecular formula is C23H18ClF3N6O3. The first-order valence-electron chi connectivity index (χ1n) is 10.9. The zero-order chi connectivity index (χ0) is 25.4. The normalized spacial score (nSPS) is 13.6. The number of amides is 2. The molecule has 0 aromatic carbocycles. The molecule has 13 heteroatoms. The number of nitrogens with one attached hydrogen (secondary N) is 2. The first-order valence-corrected chi connectivity index (χ1v) is 11.3. The van der Waals surface area contributed by atoms with Crippen molar-refractivity contribution in [2.75, 3.05) is 13.1 Å². The lowest BCUT2D eigenvalue weighted by molar-refractivity contribution is -0.137. The van der Waals surface area contributed by atoms with E-state index in [1.165, 1.54) is 12.5 Å². The smallest absolute Gasteiger partial charge is 0.417 e. The second-order valence-corrected chi connectivity index (χ2v) is 8.60. The third-order valence-electron chi connectivity index (χ3n) is 5.88. The quantitative estimate of drug-likeness (QED) is 0.415. The van der Waals surface area contributed by atoms with Crippen molar-refractivity contribution in [3.8, 4) is 0 Å². The Morgan fingerprint density at radius 2 is 2.06 bits per heavy atom. The van der Waals surface area contributed by atoms with Crippen LogP contribution in [0.1, 0.15) is 43.4 Å². The highest BCUT2D eigenvalue weighted by Crippen LogP contribution is 2.31. The monoisotopic (exact) mass is 518 g/mol. The van der Waals surface area contributed by atoms with E-state index in [0.717, 1.165) is 6.07 Å². The molecule has 1 aliphatic rings. The van der Waals surface area contributed by atoms with E-state index in [0.29, 0.717) is 47.1 Å². The van der Waals surface area contributed by atoms with Crippen LogP contribution in [0.25, 0.3) is 11.1 Å². The van der Waals surface area contributed by atoms with Gasteiger partial charge in [-0.25, -0.2) is 0 Å². The molecule has 0 saturated heterocycles. The zero-order valence-corrected chi connectivity index (χ0v) is 19.3. The Kier molecular flexibility index (Phi) is 6.12. The number of H-pyrrole nitrogens is 1. The van der Waals surface area contributed by atoms with Gasteiger partial charge in [0.25, 0.3) is 11.8 Å². The molecule has 0 saturated carbocycles. The van der Waals surface area contributed by atoms with Crippen LogP contribution in [0.4, 0.5) is 13.2 Å². The number of carbonyl (C=O) groups excluding carboxylic acids is 2. The summed E-state index contributed by atoms with van der Waals surface area (Å²) in [7, 11) is 0. The summed E-state index contributed by atoms with van der Waals surface area (Å²) < 4.78 is 43.6. The van der Waals surface area contributed by atoms with Crippen LogP contribution in [0.2, 0.25) is 5.02 Å². The lowest BCUT2D eigenvalue weighted by Crippen LogP contribution is -2.36. The minimum Gasteiger partial charge on any atom is -0.463 e. The van der Waals surface area contributed by atoms with Crippen LogP contribution in [-0.2, 0) is 25.6 Å². The van der Waals surface area contributed by atoms with Gasteiger partial charge in [0.1, 0.15) is 5.52 Å². The Morgan fingerprint density at radius 3 is 2.83 bits per heavy atom. The van der Waals surface area contributed by atoms with Crippen LogP contribution in [0, 0.1) is 0 Å². The van der Waals surface area contributed by atoms with Gasteiger partial charge in [0, 0.05) is 43.5 Å². The average molecular weight is 519 g/mol. The van der Waals surface area contributed by atoms with Crippen molar-refractivity contribution in [3.63, 3.8) is 0 Å². The SMILES string of the molecule is O=C(NCCc1ncc(C(F)(F)F)cc1Cl)c1n[nH]c2c1CCN(C(=O)c1cnc3ccoc3c1)C2. The van der Waals surface area contributed by atoms with Gasteiger partial charge < -0.3 is 14.6 Å². The second kappa shape index (κ2) is 9.26. The maximum absolute atomic E-state index is 12.9. The molecule has 4 aromatic rings. The summed E-state index contributed by atoms with van der Waals surface area (Å²) in [4.78, 5) is 35.2. The Labute approximate surface area is 206 Å². The van der Waals surface area contributed by atoms with E-state index in [-0.39, 0.29) is 41.8 Å². The lowest BCUT2D eigenvalue weighted by atomic mass is 10.0. The Bertz CT molecular complexity index is 1470. The number of furan rings is 1. The molecule has 0 aliphatic carbocycles. The summed E-state index contributed by atoms with van der Waals surface area (Å²) in [6.45, 7) is 0.730. The van der Waals surface area contributed by atoms with E-state index < -0.39 is 17.6 Å². The number of fused-ring (bicyclic) bond motifs is 2. The molecule has 0 bridgehead atoms. The van der Waals surface area contributed by atoms with Gasteiger partial charge in [0.2, 0.25) is 0 Å². The Morgan fingerprint density at radius 1 is 1.22 bits per heavy atom. The molecular weight excluding hydrogens is 501 g/mol. The molecule has 1 aliphatic heterocycles. The summed E-state index contributed by atoms with van der Waals surface area (Å²) >= 11 is 5.92. The van der Waals surface area contributed by atoms with Gasteiger partial charge in [0.05, 0.1) is 40.3 Å². The molecule has 2 N–H and O–H groups in total. The van der Waals surface area contributed by atoms with Crippen LogP contribution >= 0.6 is 11.6 Å². The standard InChI is InChI=1S/C23H18ClF3N6O3/c24-15-8-13(23(25,26)27)10-30-16(15)1-4-28-21(34)20-14-2-5-33(11-18(14)31-32-20)22(35)12-7-19-17(29-9-12)3-6-36-19/h3,6-10H,1-2,4-5,11H2,(H,28,34)(H,31,32). The predicted molar refractivity (Wildman–Crippen MR) is 121 cm³/mol. The van der Waals surface area contributed by atoms with Gasteiger partial charge in [-0.1, -0.05) is 11.6 Å². The van der Waals surface area contributed by atoms with Gasteiger partial charge in [-0.3, -0.25) is 24.7 Å². The summed E-state index contributed by atoms with van der Waals surface area (Å²) in [5.74, 6) is -0.657. The maximum Gasteiger partial charge on any atom is 0.417 e. The largest absolute Gasteiger partial charge is 0.463 e. The maximum atomic E-state index is 12.9. The molecule has 5 rings (SSSR count). The van der Waals surface area contributed by atoms with Crippen molar-refractivity contribution in [1.82, 2.24) is 30.4 Å². The van der Waals surface area contributed by atoms with E-state index >= 15 is 0 Å². The Hall–Kier alpha value is -3.93. The van der Waals surface area contributed by atoms with Crippen molar-refractivity contribution in [2.24, 2.45) is 0 Å². The molecule has 0 unspecified atom stereocenters. The molecule has 0 radical (unpaired) electrons. The highest BCUT2D eigenvalue weighted by molar-refractivity contribution is 6.31. The van der Waals surface area contributed by atoms with Crippen molar-refractivity contribution in [1.29, 1.82) is 0 Å². The van der Waals surface area contributed by atoms with Gasteiger partial charge in [0.15, 0.2) is 11.3 Å². The van der Waals surface area contributed by atoms with Crippen LogP contribution in [0.5, 0.6) is 0 Å². The number of aromatic nitrogens is 4. The van der Waals surface area contributed by atoms with Crippen LogP contribution < -0.4 is 5.32 Å². The van der Waals surface area contributed by atoms with Gasteiger partial charge >= 0.3 is 6.18 Å². The van der Waals surface area contributed by atoms with Gasteiger partial charge in [-0.05, 0) is 18.6 Å². The third kappa shape index (κ3) is 4.63. The number of carbonyl (C=O) groups is 2. The number of halogens is 4. The van der Waals surface area contributed by atoms with Crippen LogP contribution in [-0.4, -0.2) is 50.0 Å². The molecule has 0 spiro atoms. The summed E-state index contributed by atoms with van der Waals surface area (Å²) in [6.07, 6.45) is -0.256. The number of pyridine rings is 2. The number of alkyl halides is 3. The highest BCUT2D eigenvalue weighted by atomic mass is 35.5. The second-order valence-electron chi connectivity index (χ2n) is 8.19. The average Bonchev–Trinajstić information content (AvgIpc) is 3.50. The van der Waals surface area contributed by atoms with E-state index in [9.17, 15) is 22.8 Å². The van der Waals surface area contributed by atoms with Crippen LogP contribution in [0.3, 0.4) is 0 Å². The van der Waals surface area contributed by atoms with E-state index in [2.05, 4.69) is 25.5 Å². The summed E-state index contributed by atoms with van der Waals surface area (Å²) in [5, 5.41) is 9.50. The molecule has 0 atom stereocenters. The number of rotatable bonds is 5. The Balaban J connectivity index is 1.20. The highest BCUT2D eigenvalue weighted by Gasteiger charge is 2.32. The van der Waals surface area contributed by atoms with E-state index in [1.54, 1.807) is 17.0 Å². The van der Waals surface area contributed by atoms with Crippen molar-refractivity contribution >= 4 is 34.5 Å². The molecule has 36 heavy (non-hydrogen) atoms. The first-order chi connectivity index (χ1) is 17.2. The number of hydrogen-bond acceptors (Lipinski definition) is 6. The van der Waals surface area contributed by atoms with Crippen molar-refractivity contribution < 1.29 is 27.2 Å². The fraction of sp³-hybridized carbons (Fsp3) is 0.261. The number of aromatic amines is 1. The minimum atomic E-state index is -4.54. The molecule has 0 fully saturated rings. The number of hydrogen-bond donors (Lipinski definition) is 2. The molecule has 4 aromatic heterocycles.